The van der Waals surface area contributed by atoms with E-state index in [0.717, 1.165) is 25.7 Å². The zero-order chi connectivity index (χ0) is 21.9. The number of rotatable bonds is 7. The van der Waals surface area contributed by atoms with Gasteiger partial charge in [-0.25, -0.2) is 15.0 Å². The van der Waals surface area contributed by atoms with Gasteiger partial charge in [-0.3, -0.25) is 9.36 Å². The highest BCUT2D eigenvalue weighted by Gasteiger charge is 2.58. The second kappa shape index (κ2) is 8.93. The van der Waals surface area contributed by atoms with Crippen molar-refractivity contribution in [2.24, 2.45) is 5.73 Å². The second-order valence-electron chi connectivity index (χ2n) is 7.22. The molecule has 4 atom stereocenters. The lowest BCUT2D eigenvalue weighted by Crippen LogP contribution is -2.56. The van der Waals surface area contributed by atoms with Crippen LogP contribution in [-0.4, -0.2) is 65.2 Å². The average Bonchev–Trinajstić information content (AvgIpc) is 3.25. The molecule has 1 fully saturated rings. The average molecular weight is 418 g/mol. The first-order valence-corrected chi connectivity index (χ1v) is 9.79. The van der Waals surface area contributed by atoms with Gasteiger partial charge < -0.3 is 31.5 Å². The number of nitrogens with zero attached hydrogens (tertiary/aromatic N) is 4. The SMILES string of the molecule is CCCCCCC#Cc1nc(N)c2ncn([C@@H]3O[C@@](CO)(C(N)=O)C(O)C3O)c2n1. The molecule has 0 radical (unpaired) electrons. The van der Waals surface area contributed by atoms with Crippen molar-refractivity contribution in [2.75, 3.05) is 12.3 Å². The number of ether oxygens (including phenoxy) is 1. The molecule has 1 aliphatic heterocycles. The molecule has 11 nitrogen and oxygen atoms in total. The number of fused-ring (bicyclic) bond motifs is 1. The van der Waals surface area contributed by atoms with Gasteiger partial charge in [0.25, 0.3) is 5.91 Å². The van der Waals surface area contributed by atoms with Crippen LogP contribution in [-0.2, 0) is 9.53 Å². The number of aromatic nitrogens is 4. The maximum atomic E-state index is 11.8. The Labute approximate surface area is 173 Å². The molecule has 1 aliphatic rings. The fraction of sp³-hybridized carbons (Fsp3) is 0.579. The zero-order valence-corrected chi connectivity index (χ0v) is 16.7. The van der Waals surface area contributed by atoms with Gasteiger partial charge in [0, 0.05) is 6.42 Å². The van der Waals surface area contributed by atoms with E-state index in [1.165, 1.54) is 10.9 Å². The number of hydrogen-bond donors (Lipinski definition) is 5. The van der Waals surface area contributed by atoms with E-state index >= 15 is 0 Å². The zero-order valence-electron chi connectivity index (χ0n) is 16.7. The first-order chi connectivity index (χ1) is 14.4. The van der Waals surface area contributed by atoms with Crippen LogP contribution in [0.2, 0.25) is 0 Å². The van der Waals surface area contributed by atoms with E-state index in [9.17, 15) is 20.1 Å². The molecule has 0 saturated carbocycles. The Kier molecular flexibility index (Phi) is 6.52. The number of anilines is 1. The highest BCUT2D eigenvalue weighted by Crippen LogP contribution is 2.38. The van der Waals surface area contributed by atoms with E-state index in [-0.39, 0.29) is 22.8 Å². The molecular formula is C19H26N6O5. The molecule has 3 heterocycles. The molecule has 11 heteroatoms. The number of aliphatic hydroxyl groups is 3. The fourth-order valence-electron chi connectivity index (χ4n) is 3.38. The van der Waals surface area contributed by atoms with Gasteiger partial charge in [0.1, 0.15) is 17.7 Å². The molecule has 1 amide bonds. The monoisotopic (exact) mass is 418 g/mol. The number of imidazole rings is 1. The standard InChI is InChI=1S/C19H26N6O5/c1-2-3-4-5-6-7-8-11-23-15(20)12-16(24-11)25(10-22-12)17-13(27)14(28)19(9-26,30-17)18(21)29/h10,13-14,17,26-28H,2-6,9H2,1H3,(H2,21,29)(H2,20,23,24)/t13?,14?,17-,19-/m1/s1. The number of carbonyl (C=O) groups is 1. The largest absolute Gasteiger partial charge is 0.393 e. The van der Waals surface area contributed by atoms with Gasteiger partial charge in [-0.15, -0.1) is 0 Å². The summed E-state index contributed by atoms with van der Waals surface area (Å²) in [7, 11) is 0. The molecule has 0 bridgehead atoms. The first-order valence-electron chi connectivity index (χ1n) is 9.79. The smallest absolute Gasteiger partial charge is 0.255 e. The predicted molar refractivity (Wildman–Crippen MR) is 107 cm³/mol. The number of nitrogens with two attached hydrogens (primary N) is 2. The van der Waals surface area contributed by atoms with Crippen LogP contribution in [0.1, 0.15) is 51.1 Å². The van der Waals surface area contributed by atoms with Gasteiger partial charge in [-0.05, 0) is 12.3 Å². The summed E-state index contributed by atoms with van der Waals surface area (Å²) in [6.07, 6.45) is 1.77. The quantitative estimate of drug-likeness (QED) is 0.284. The summed E-state index contributed by atoms with van der Waals surface area (Å²) in [5.74, 6) is 5.04. The summed E-state index contributed by atoms with van der Waals surface area (Å²) < 4.78 is 6.81. The van der Waals surface area contributed by atoms with E-state index in [1.807, 2.05) is 0 Å². The molecule has 2 aromatic heterocycles. The Hall–Kier alpha value is -2.78. The van der Waals surface area contributed by atoms with Crippen LogP contribution in [0, 0.1) is 11.8 Å². The van der Waals surface area contributed by atoms with E-state index in [4.69, 9.17) is 16.2 Å². The minimum atomic E-state index is -2.15. The van der Waals surface area contributed by atoms with Crippen molar-refractivity contribution in [2.45, 2.75) is 63.1 Å². The predicted octanol–water partition coefficient (Wildman–Crippen LogP) is -0.803. The summed E-state index contributed by atoms with van der Waals surface area (Å²) in [6.45, 7) is 1.23. The first kappa shape index (κ1) is 21.9. The molecule has 3 rings (SSSR count). The van der Waals surface area contributed by atoms with E-state index < -0.39 is 36.6 Å². The number of hydrogen-bond acceptors (Lipinski definition) is 9. The molecule has 0 aliphatic carbocycles. The van der Waals surface area contributed by atoms with Gasteiger partial charge in [0.15, 0.2) is 23.3 Å². The maximum Gasteiger partial charge on any atom is 0.255 e. The maximum absolute atomic E-state index is 11.8. The number of aliphatic hydroxyl groups excluding tert-OH is 3. The van der Waals surface area contributed by atoms with Crippen LogP contribution in [0.5, 0.6) is 0 Å². The Morgan fingerprint density at radius 3 is 2.73 bits per heavy atom. The minimum absolute atomic E-state index is 0.0883. The molecule has 2 unspecified atom stereocenters. The van der Waals surface area contributed by atoms with Crippen molar-refractivity contribution in [3.63, 3.8) is 0 Å². The Morgan fingerprint density at radius 1 is 1.33 bits per heavy atom. The lowest BCUT2D eigenvalue weighted by Gasteiger charge is -2.25. The van der Waals surface area contributed by atoms with Crippen molar-refractivity contribution in [3.05, 3.63) is 12.2 Å². The van der Waals surface area contributed by atoms with E-state index in [2.05, 4.69) is 33.7 Å². The van der Waals surface area contributed by atoms with Crippen molar-refractivity contribution >= 4 is 22.9 Å². The highest BCUT2D eigenvalue weighted by atomic mass is 16.6. The lowest BCUT2D eigenvalue weighted by atomic mass is 9.95. The third-order valence-corrected chi connectivity index (χ3v) is 5.15. The molecule has 7 N–H and O–H groups in total. The van der Waals surface area contributed by atoms with Crippen LogP contribution in [0.4, 0.5) is 5.82 Å². The number of primary amides is 1. The Morgan fingerprint density at radius 2 is 2.10 bits per heavy atom. The van der Waals surface area contributed by atoms with Crippen molar-refractivity contribution in [1.82, 2.24) is 19.5 Å². The Bertz CT molecular complexity index is 983. The summed E-state index contributed by atoms with van der Waals surface area (Å²) >= 11 is 0. The van der Waals surface area contributed by atoms with Crippen LogP contribution in [0.25, 0.3) is 11.2 Å². The molecule has 30 heavy (non-hydrogen) atoms. The molecule has 2 aromatic rings. The van der Waals surface area contributed by atoms with Gasteiger partial charge >= 0.3 is 0 Å². The summed E-state index contributed by atoms with van der Waals surface area (Å²) in [5, 5.41) is 30.3. The van der Waals surface area contributed by atoms with Crippen molar-refractivity contribution in [3.8, 4) is 11.8 Å². The highest BCUT2D eigenvalue weighted by molar-refractivity contribution is 5.85. The number of amides is 1. The molecule has 1 saturated heterocycles. The number of carbonyl (C=O) groups excluding carboxylic acids is 1. The van der Waals surface area contributed by atoms with Gasteiger partial charge in [0.05, 0.1) is 12.9 Å². The topological polar surface area (TPSA) is 183 Å². The van der Waals surface area contributed by atoms with Gasteiger partial charge in [0.2, 0.25) is 5.82 Å². The van der Waals surface area contributed by atoms with Crippen LogP contribution < -0.4 is 11.5 Å². The molecule has 0 aromatic carbocycles. The van der Waals surface area contributed by atoms with Crippen LogP contribution in [0.3, 0.4) is 0 Å². The molecule has 0 spiro atoms. The van der Waals surface area contributed by atoms with E-state index in [0.29, 0.717) is 6.42 Å². The van der Waals surface area contributed by atoms with Crippen molar-refractivity contribution < 1.29 is 24.9 Å². The third-order valence-electron chi connectivity index (χ3n) is 5.15. The van der Waals surface area contributed by atoms with Crippen LogP contribution >= 0.6 is 0 Å². The summed E-state index contributed by atoms with van der Waals surface area (Å²) in [6, 6.07) is 0. The van der Waals surface area contributed by atoms with Crippen molar-refractivity contribution in [1.29, 1.82) is 0 Å². The Balaban J connectivity index is 1.91. The second-order valence-corrected chi connectivity index (χ2v) is 7.22. The summed E-state index contributed by atoms with van der Waals surface area (Å²) in [4.78, 5) is 24.4. The van der Waals surface area contributed by atoms with Crippen LogP contribution in [0.15, 0.2) is 6.33 Å². The minimum Gasteiger partial charge on any atom is -0.393 e. The van der Waals surface area contributed by atoms with Gasteiger partial charge in [-0.2, -0.15) is 0 Å². The molecule has 162 valence electrons. The normalized spacial score (nSPS) is 25.9. The fourth-order valence-corrected chi connectivity index (χ4v) is 3.38. The van der Waals surface area contributed by atoms with E-state index in [1.54, 1.807) is 0 Å². The summed E-state index contributed by atoms with van der Waals surface area (Å²) in [5.41, 5.74) is 9.55. The molecular weight excluding hydrogens is 392 g/mol. The number of nitrogen functional groups attached to an aromatic ring is 1. The van der Waals surface area contributed by atoms with Gasteiger partial charge in [-0.1, -0.05) is 32.1 Å². The lowest BCUT2D eigenvalue weighted by molar-refractivity contribution is -0.163. The third kappa shape index (κ3) is 3.82. The number of unbranched alkanes of at least 4 members (excludes halogenated alkanes) is 4.